The third kappa shape index (κ3) is 5.63. The zero-order chi connectivity index (χ0) is 30.0. The molecule has 5 rings (SSSR count). The molecule has 220 valence electrons. The summed E-state index contributed by atoms with van der Waals surface area (Å²) in [4.78, 5) is 29.3. The molecule has 1 fully saturated rings. The summed E-state index contributed by atoms with van der Waals surface area (Å²) < 4.78 is 36.1. The van der Waals surface area contributed by atoms with E-state index in [2.05, 4.69) is 0 Å². The van der Waals surface area contributed by atoms with Crippen LogP contribution in [0, 0.1) is 6.92 Å². The molecule has 1 atom stereocenters. The smallest absolute Gasteiger partial charge is 0.332 e. The molecular weight excluding hydrogens is 554 g/mol. The molecule has 0 unspecified atom stereocenters. The lowest BCUT2D eigenvalue weighted by Crippen LogP contribution is -2.51. The normalized spacial score (nSPS) is 15.4. The molecule has 1 saturated heterocycles. The number of nitrogen functional groups attached to an aromatic ring is 1. The molecule has 0 radical (unpaired) electrons. The summed E-state index contributed by atoms with van der Waals surface area (Å²) in [5.41, 5.74) is 8.58. The van der Waals surface area contributed by atoms with Gasteiger partial charge in [-0.25, -0.2) is 13.2 Å². The van der Waals surface area contributed by atoms with E-state index >= 15 is 0 Å². The number of sulfonamides is 1. The largest absolute Gasteiger partial charge is 0.497 e. The second-order valence-corrected chi connectivity index (χ2v) is 12.4. The van der Waals surface area contributed by atoms with Crippen LogP contribution >= 0.6 is 0 Å². The molecule has 0 spiro atoms. The Balaban J connectivity index is 1.55. The summed E-state index contributed by atoms with van der Waals surface area (Å²) in [6.45, 7) is 3.27. The Morgan fingerprint density at radius 3 is 2.10 bits per heavy atom. The van der Waals surface area contributed by atoms with Crippen molar-refractivity contribution in [2.75, 3.05) is 39.0 Å². The predicted octanol–water partition coefficient (Wildman–Crippen LogP) is 2.59. The predicted molar refractivity (Wildman–Crippen MR) is 162 cm³/mol. The monoisotopic (exact) mass is 589 g/mol. The molecule has 3 aromatic carbocycles. The van der Waals surface area contributed by atoms with E-state index in [0.29, 0.717) is 18.8 Å². The van der Waals surface area contributed by atoms with Crippen molar-refractivity contribution < 1.29 is 13.2 Å². The maximum atomic E-state index is 13.7. The maximum Gasteiger partial charge on any atom is 0.332 e. The number of aromatic nitrogens is 2. The van der Waals surface area contributed by atoms with Crippen molar-refractivity contribution in [1.29, 1.82) is 0 Å². The topological polar surface area (TPSA) is 120 Å². The quantitative estimate of drug-likeness (QED) is 0.336. The van der Waals surface area contributed by atoms with E-state index in [1.165, 1.54) is 15.9 Å². The Morgan fingerprint density at radius 1 is 0.881 bits per heavy atom. The van der Waals surface area contributed by atoms with E-state index in [1.807, 2.05) is 54.3 Å². The van der Waals surface area contributed by atoms with Crippen LogP contribution < -0.4 is 21.7 Å². The minimum Gasteiger partial charge on any atom is -0.497 e. The molecule has 2 N–H and O–H groups in total. The third-order valence-corrected chi connectivity index (χ3v) is 9.72. The molecule has 1 aromatic heterocycles. The fourth-order valence-electron chi connectivity index (χ4n) is 5.39. The summed E-state index contributed by atoms with van der Waals surface area (Å²) in [5, 5.41) is 0. The summed E-state index contributed by atoms with van der Waals surface area (Å²) in [6.07, 6.45) is 0. The first kappa shape index (κ1) is 29.3. The van der Waals surface area contributed by atoms with Crippen LogP contribution in [0.3, 0.4) is 0 Å². The van der Waals surface area contributed by atoms with Crippen molar-refractivity contribution in [2.24, 2.45) is 7.05 Å². The molecule has 4 aromatic rings. The van der Waals surface area contributed by atoms with Crippen LogP contribution in [0.1, 0.15) is 28.3 Å². The molecule has 1 aliphatic heterocycles. The van der Waals surface area contributed by atoms with E-state index in [1.54, 1.807) is 43.5 Å². The van der Waals surface area contributed by atoms with Gasteiger partial charge in [0, 0.05) is 33.2 Å². The average Bonchev–Trinajstić information content (AvgIpc) is 3.01. The number of nitrogens with zero attached hydrogens (tertiary/aromatic N) is 4. The fourth-order valence-corrected chi connectivity index (χ4v) is 6.81. The van der Waals surface area contributed by atoms with Gasteiger partial charge in [0.05, 0.1) is 30.2 Å². The zero-order valence-electron chi connectivity index (χ0n) is 23.9. The highest BCUT2D eigenvalue weighted by atomic mass is 32.2. The van der Waals surface area contributed by atoms with Crippen molar-refractivity contribution >= 4 is 15.8 Å². The Bertz CT molecular complexity index is 1780. The Kier molecular flexibility index (Phi) is 8.35. The Morgan fingerprint density at radius 2 is 1.50 bits per heavy atom. The highest BCUT2D eigenvalue weighted by Crippen LogP contribution is 2.32. The molecule has 0 aliphatic carbocycles. The van der Waals surface area contributed by atoms with Gasteiger partial charge in [-0.2, -0.15) is 4.31 Å². The summed E-state index contributed by atoms with van der Waals surface area (Å²) >= 11 is 0. The second-order valence-electron chi connectivity index (χ2n) is 10.4. The minimum absolute atomic E-state index is 0.0856. The second kappa shape index (κ2) is 12.0. The average molecular weight is 590 g/mol. The number of aryl methyl sites for hydroxylation is 1. The van der Waals surface area contributed by atoms with Crippen LogP contribution in [-0.2, 0) is 23.6 Å². The molecule has 1 aliphatic rings. The Hall–Kier alpha value is -4.19. The van der Waals surface area contributed by atoms with Gasteiger partial charge in [0.2, 0.25) is 10.0 Å². The Labute approximate surface area is 245 Å². The number of hydrogen-bond acceptors (Lipinski definition) is 7. The van der Waals surface area contributed by atoms with Gasteiger partial charge in [-0.1, -0.05) is 60.2 Å². The molecule has 10 nitrogen and oxygen atoms in total. The number of hydrogen-bond donors (Lipinski definition) is 1. The van der Waals surface area contributed by atoms with E-state index < -0.39 is 27.3 Å². The van der Waals surface area contributed by atoms with Gasteiger partial charge < -0.3 is 10.5 Å². The van der Waals surface area contributed by atoms with E-state index in [4.69, 9.17) is 10.5 Å². The maximum absolute atomic E-state index is 13.7. The molecule has 0 amide bonds. The SMILES string of the molecule is COc1ccc([C@@H](c2c(N)n(Cc3ccccc3)c(=O)n(C)c2=O)N2CCN(S(=O)(=O)c3ccc(C)cc3)CC2)cc1. The van der Waals surface area contributed by atoms with Crippen molar-refractivity contribution in [2.45, 2.75) is 24.4 Å². The summed E-state index contributed by atoms with van der Waals surface area (Å²) in [6, 6.07) is 23.0. The van der Waals surface area contributed by atoms with Crippen molar-refractivity contribution in [1.82, 2.24) is 18.3 Å². The lowest BCUT2D eigenvalue weighted by Gasteiger charge is -2.39. The molecule has 0 bridgehead atoms. The number of anilines is 1. The molecule has 42 heavy (non-hydrogen) atoms. The number of benzene rings is 3. The first-order valence-electron chi connectivity index (χ1n) is 13.7. The number of rotatable bonds is 8. The molecular formula is C31H35N5O5S. The van der Waals surface area contributed by atoms with Crippen LogP contribution in [0.15, 0.2) is 93.3 Å². The lowest BCUT2D eigenvalue weighted by molar-refractivity contribution is 0.154. The molecule has 2 heterocycles. The van der Waals surface area contributed by atoms with Crippen molar-refractivity contribution in [3.8, 4) is 5.75 Å². The lowest BCUT2D eigenvalue weighted by atomic mass is 9.97. The van der Waals surface area contributed by atoms with Gasteiger partial charge in [-0.05, 0) is 42.3 Å². The van der Waals surface area contributed by atoms with Crippen molar-refractivity contribution in [3.05, 3.63) is 122 Å². The minimum atomic E-state index is -3.68. The van der Waals surface area contributed by atoms with Crippen molar-refractivity contribution in [3.63, 3.8) is 0 Å². The molecule has 0 saturated carbocycles. The number of methoxy groups -OCH3 is 1. The summed E-state index contributed by atoms with van der Waals surface area (Å²) in [5.74, 6) is 0.740. The highest BCUT2D eigenvalue weighted by Gasteiger charge is 2.35. The number of nitrogens with two attached hydrogens (primary N) is 1. The van der Waals surface area contributed by atoms with E-state index in [9.17, 15) is 18.0 Å². The van der Waals surface area contributed by atoms with Gasteiger partial charge in [0.25, 0.3) is 5.56 Å². The number of piperazine rings is 1. The van der Waals surface area contributed by atoms with Gasteiger partial charge >= 0.3 is 5.69 Å². The first-order chi connectivity index (χ1) is 20.1. The van der Waals surface area contributed by atoms with Crippen LogP contribution in [-0.4, -0.2) is 60.0 Å². The van der Waals surface area contributed by atoms with E-state index in [0.717, 1.165) is 21.3 Å². The van der Waals surface area contributed by atoms with Crippen LogP contribution in [0.5, 0.6) is 5.75 Å². The van der Waals surface area contributed by atoms with Crippen LogP contribution in [0.25, 0.3) is 0 Å². The van der Waals surface area contributed by atoms with Crippen LogP contribution in [0.2, 0.25) is 0 Å². The first-order valence-corrected chi connectivity index (χ1v) is 15.1. The fraction of sp³-hybridized carbons (Fsp3) is 0.290. The van der Waals surface area contributed by atoms with Gasteiger partial charge in [0.1, 0.15) is 11.6 Å². The van der Waals surface area contributed by atoms with Gasteiger partial charge in [-0.15, -0.1) is 0 Å². The molecule has 11 heteroatoms. The zero-order valence-corrected chi connectivity index (χ0v) is 24.8. The van der Waals surface area contributed by atoms with Gasteiger partial charge in [-0.3, -0.25) is 18.8 Å². The van der Waals surface area contributed by atoms with E-state index in [-0.39, 0.29) is 35.9 Å². The highest BCUT2D eigenvalue weighted by molar-refractivity contribution is 7.89. The summed E-state index contributed by atoms with van der Waals surface area (Å²) in [7, 11) is -0.655. The van der Waals surface area contributed by atoms with Crippen LogP contribution in [0.4, 0.5) is 5.82 Å². The number of ether oxygens (including phenoxy) is 1. The third-order valence-electron chi connectivity index (χ3n) is 7.81. The van der Waals surface area contributed by atoms with Gasteiger partial charge in [0.15, 0.2) is 0 Å². The standard InChI is InChI=1S/C31H35N5O5S/c1-22-9-15-26(16-10-22)42(39,40)35-19-17-34(18-20-35)28(24-11-13-25(41-3)14-12-24)27-29(32)36(31(38)33(2)30(27)37)21-23-7-5-4-6-8-23/h4-16,28H,17-21,32H2,1-3H3/t28-/m0/s1.